The van der Waals surface area contributed by atoms with Crippen LogP contribution in [-0.4, -0.2) is 82.8 Å². The molecule has 8 nitrogen and oxygen atoms in total. The Labute approximate surface area is 215 Å². The Morgan fingerprint density at radius 3 is 2.67 bits per heavy atom. The van der Waals surface area contributed by atoms with Crippen LogP contribution in [0.5, 0.6) is 0 Å². The van der Waals surface area contributed by atoms with Gasteiger partial charge >= 0.3 is 5.97 Å². The maximum Gasteiger partial charge on any atom is 0.312 e. The van der Waals surface area contributed by atoms with E-state index in [1.54, 1.807) is 22.0 Å². The predicted molar refractivity (Wildman–Crippen MR) is 137 cm³/mol. The number of amides is 2. The van der Waals surface area contributed by atoms with Gasteiger partial charge in [-0.15, -0.1) is 13.2 Å². The van der Waals surface area contributed by atoms with Crippen molar-refractivity contribution in [2.45, 2.75) is 89.5 Å². The number of esters is 1. The van der Waals surface area contributed by atoms with Gasteiger partial charge in [-0.05, 0) is 44.4 Å². The van der Waals surface area contributed by atoms with E-state index in [1.165, 1.54) is 0 Å². The first-order valence-electron chi connectivity index (χ1n) is 13.5. The van der Waals surface area contributed by atoms with E-state index >= 15 is 0 Å². The molecule has 8 heteroatoms. The molecule has 2 amide bonds. The molecule has 3 saturated heterocycles. The Hall–Kier alpha value is -2.19. The minimum Gasteiger partial charge on any atom is -0.465 e. The molecule has 0 aliphatic carbocycles. The van der Waals surface area contributed by atoms with Gasteiger partial charge in [0.2, 0.25) is 11.8 Å². The molecule has 3 aliphatic rings. The highest BCUT2D eigenvalue weighted by Gasteiger charge is 2.75. The standard InChI is InChI=1S/C28H44N2O6/c1-6-9-11-16-35-27(34)22-21-12-13-28(36-21)23(22)25(32)30(20(18-31)17-19(4)5)24(28)26(33)29(14-8-3)15-10-7-2/h6,8,19-24,31H,1,3,7,9-18H2,2,4-5H3/t20-,21-,22+,23+,24?,28?/m1/s1. The van der Waals surface area contributed by atoms with Crippen molar-refractivity contribution in [3.05, 3.63) is 25.3 Å². The zero-order valence-electron chi connectivity index (χ0n) is 22.2. The number of likely N-dealkylation sites (tertiary alicyclic amines) is 1. The number of allylic oxidation sites excluding steroid dienone is 1. The van der Waals surface area contributed by atoms with E-state index in [9.17, 15) is 19.5 Å². The smallest absolute Gasteiger partial charge is 0.312 e. The molecule has 0 aromatic carbocycles. The van der Waals surface area contributed by atoms with Crippen molar-refractivity contribution in [3.8, 4) is 0 Å². The number of unbranched alkanes of at least 4 members (excludes halogenated alkanes) is 2. The number of carbonyl (C=O) groups is 3. The molecular weight excluding hydrogens is 460 g/mol. The van der Waals surface area contributed by atoms with Crippen LogP contribution in [-0.2, 0) is 23.9 Å². The van der Waals surface area contributed by atoms with E-state index in [0.29, 0.717) is 38.8 Å². The van der Waals surface area contributed by atoms with Crippen LogP contribution in [0.3, 0.4) is 0 Å². The van der Waals surface area contributed by atoms with E-state index < -0.39 is 41.6 Å². The van der Waals surface area contributed by atoms with Gasteiger partial charge < -0.3 is 24.4 Å². The molecule has 0 radical (unpaired) electrons. The molecule has 1 spiro atoms. The van der Waals surface area contributed by atoms with Crippen molar-refractivity contribution in [1.29, 1.82) is 0 Å². The first-order chi connectivity index (χ1) is 17.3. The average molecular weight is 505 g/mol. The zero-order valence-corrected chi connectivity index (χ0v) is 22.2. The summed E-state index contributed by atoms with van der Waals surface area (Å²) in [4.78, 5) is 44.7. The van der Waals surface area contributed by atoms with Gasteiger partial charge in [-0.25, -0.2) is 0 Å². The molecule has 3 aliphatic heterocycles. The van der Waals surface area contributed by atoms with Crippen molar-refractivity contribution >= 4 is 17.8 Å². The van der Waals surface area contributed by atoms with Crippen molar-refractivity contribution in [2.75, 3.05) is 26.3 Å². The summed E-state index contributed by atoms with van der Waals surface area (Å²) >= 11 is 0. The molecule has 3 rings (SSSR count). The number of carbonyl (C=O) groups excluding carboxylic acids is 3. The van der Waals surface area contributed by atoms with Crippen LogP contribution in [0.4, 0.5) is 0 Å². The Kier molecular flexibility index (Phi) is 9.75. The van der Waals surface area contributed by atoms with Gasteiger partial charge in [0.15, 0.2) is 0 Å². The Balaban J connectivity index is 1.99. The van der Waals surface area contributed by atoms with Gasteiger partial charge in [-0.2, -0.15) is 0 Å². The van der Waals surface area contributed by atoms with Crippen molar-refractivity contribution in [1.82, 2.24) is 9.80 Å². The summed E-state index contributed by atoms with van der Waals surface area (Å²) in [5.41, 5.74) is -1.08. The summed E-state index contributed by atoms with van der Waals surface area (Å²) in [6, 6.07) is -1.42. The molecule has 202 valence electrons. The summed E-state index contributed by atoms with van der Waals surface area (Å²) < 4.78 is 12.0. The Morgan fingerprint density at radius 1 is 1.31 bits per heavy atom. The fourth-order valence-electron chi connectivity index (χ4n) is 6.32. The lowest BCUT2D eigenvalue weighted by molar-refractivity contribution is -0.156. The summed E-state index contributed by atoms with van der Waals surface area (Å²) in [5.74, 6) is -2.22. The molecule has 3 fully saturated rings. The molecular formula is C28H44N2O6. The first-order valence-corrected chi connectivity index (χ1v) is 13.5. The summed E-state index contributed by atoms with van der Waals surface area (Å²) in [7, 11) is 0. The highest BCUT2D eigenvalue weighted by atomic mass is 16.6. The number of ether oxygens (including phenoxy) is 2. The Bertz CT molecular complexity index is 829. The molecule has 36 heavy (non-hydrogen) atoms. The van der Waals surface area contributed by atoms with E-state index in [1.807, 2.05) is 13.8 Å². The van der Waals surface area contributed by atoms with E-state index in [4.69, 9.17) is 9.47 Å². The van der Waals surface area contributed by atoms with Crippen LogP contribution in [0, 0.1) is 17.8 Å². The maximum atomic E-state index is 14.1. The topological polar surface area (TPSA) is 96.4 Å². The number of rotatable bonds is 15. The molecule has 3 heterocycles. The van der Waals surface area contributed by atoms with Crippen molar-refractivity contribution in [3.63, 3.8) is 0 Å². The van der Waals surface area contributed by atoms with Gasteiger partial charge in [0, 0.05) is 13.1 Å². The summed E-state index contributed by atoms with van der Waals surface area (Å²) in [5, 5.41) is 10.3. The number of aliphatic hydroxyl groups is 1. The lowest BCUT2D eigenvalue weighted by Crippen LogP contribution is -2.59. The number of aliphatic hydroxyl groups excluding tert-OH is 1. The van der Waals surface area contributed by atoms with Crippen LogP contribution >= 0.6 is 0 Å². The van der Waals surface area contributed by atoms with Gasteiger partial charge in [0.1, 0.15) is 11.6 Å². The van der Waals surface area contributed by atoms with Gasteiger partial charge in [-0.3, -0.25) is 14.4 Å². The average Bonchev–Trinajstić information content (AvgIpc) is 3.49. The number of fused-ring (bicyclic) bond motifs is 1. The number of hydrogen-bond acceptors (Lipinski definition) is 6. The van der Waals surface area contributed by atoms with Gasteiger partial charge in [0.25, 0.3) is 0 Å². The second-order valence-corrected chi connectivity index (χ2v) is 10.8. The molecule has 2 bridgehead atoms. The fraction of sp³-hybridized carbons (Fsp3) is 0.750. The number of hydrogen-bond donors (Lipinski definition) is 1. The normalized spacial score (nSPS) is 29.4. The lowest BCUT2D eigenvalue weighted by atomic mass is 9.70. The quantitative estimate of drug-likeness (QED) is 0.209. The van der Waals surface area contributed by atoms with E-state index in [-0.39, 0.29) is 30.9 Å². The third-order valence-corrected chi connectivity index (χ3v) is 7.83. The lowest BCUT2D eigenvalue weighted by Gasteiger charge is -2.39. The number of nitrogens with zero attached hydrogens (tertiary/aromatic N) is 2. The van der Waals surface area contributed by atoms with Crippen molar-refractivity contribution in [2.24, 2.45) is 17.8 Å². The second-order valence-electron chi connectivity index (χ2n) is 10.8. The van der Waals surface area contributed by atoms with E-state index in [2.05, 4.69) is 20.1 Å². The van der Waals surface area contributed by atoms with Crippen LogP contribution in [0.1, 0.15) is 65.7 Å². The monoisotopic (exact) mass is 504 g/mol. The van der Waals surface area contributed by atoms with Gasteiger partial charge in [0.05, 0.1) is 37.2 Å². The summed E-state index contributed by atoms with van der Waals surface area (Å²) in [6.45, 7) is 14.5. The minimum atomic E-state index is -1.08. The molecule has 0 saturated carbocycles. The SMILES string of the molecule is C=CCCCOC(=O)[C@@H]1[C@H]2C(=O)N([C@@H](CO)CC(C)C)C(C(=O)N(CC=C)CCCC)C23CC[C@H]1O3. The zero-order chi connectivity index (χ0) is 26.5. The Morgan fingerprint density at radius 2 is 2.06 bits per heavy atom. The second kappa shape index (κ2) is 12.4. The predicted octanol–water partition coefficient (Wildman–Crippen LogP) is 3.09. The van der Waals surface area contributed by atoms with Crippen molar-refractivity contribution < 1.29 is 29.0 Å². The van der Waals surface area contributed by atoms with Gasteiger partial charge in [-0.1, -0.05) is 39.3 Å². The maximum absolute atomic E-state index is 14.1. The third kappa shape index (κ3) is 5.25. The molecule has 2 unspecified atom stereocenters. The highest BCUT2D eigenvalue weighted by Crippen LogP contribution is 2.59. The van der Waals surface area contributed by atoms with E-state index in [0.717, 1.165) is 19.3 Å². The highest BCUT2D eigenvalue weighted by molar-refractivity contribution is 5.98. The largest absolute Gasteiger partial charge is 0.465 e. The first kappa shape index (κ1) is 28.4. The van der Waals surface area contributed by atoms with Crippen LogP contribution < -0.4 is 0 Å². The van der Waals surface area contributed by atoms with Crippen LogP contribution in [0.15, 0.2) is 25.3 Å². The minimum absolute atomic E-state index is 0.193. The molecule has 1 N–H and O–H groups in total. The molecule has 0 aromatic rings. The van der Waals surface area contributed by atoms with Crippen LogP contribution in [0.25, 0.3) is 0 Å². The third-order valence-electron chi connectivity index (χ3n) is 7.83. The molecule has 6 atom stereocenters. The molecule has 0 aromatic heterocycles. The fourth-order valence-corrected chi connectivity index (χ4v) is 6.32. The summed E-state index contributed by atoms with van der Waals surface area (Å²) in [6.07, 6.45) is 7.85. The van der Waals surface area contributed by atoms with Crippen LogP contribution in [0.2, 0.25) is 0 Å².